The molecule has 0 bridgehead atoms. The van der Waals surface area contributed by atoms with Crippen molar-refractivity contribution < 1.29 is 50.7 Å². The van der Waals surface area contributed by atoms with E-state index in [4.69, 9.17) is 21.9 Å². The van der Waals surface area contributed by atoms with Crippen LogP contribution < -0.4 is 20.7 Å². The summed E-state index contributed by atoms with van der Waals surface area (Å²) in [6, 6.07) is -42.1. The Kier molecular flexibility index (Phi) is 3.85. The molecular formula is C60H48N2Si. The largest absolute Gasteiger partial charge is 0.309 e. The highest BCUT2D eigenvalue weighted by molar-refractivity contribution is 7.19. The summed E-state index contributed by atoms with van der Waals surface area (Å²) in [7, 11) is -6.62. The first-order chi connectivity index (χ1) is 46.7. The second-order valence-corrected chi connectivity index (χ2v) is 18.1. The number of nitrogens with zero attached hydrogens (tertiary/aromatic N) is 2. The monoisotopic (exact) mass is 862 g/mol. The molecule has 0 aliphatic heterocycles. The lowest BCUT2D eigenvalue weighted by molar-refractivity contribution is 0.444. The highest BCUT2D eigenvalue weighted by Gasteiger charge is 2.41. The first kappa shape index (κ1) is 15.6. The quantitative estimate of drug-likeness (QED) is 0.106. The molecular weight excluding hydrogens is 777 g/mol. The standard InChI is InChI=1S/C60H48N2Si/c1-6-19-43(20-7-1)45-33-36-58-54(39-45)55-40-46(44-21-8-2-9-22-44)34-37-59(55)62(58)48-35-38-60-56(42-48)53-31-16-17-32-57(53)61(60)47-23-18-30-52(41-47)63(49-24-10-3-11-25-49,50-26-12-4-13-27-50)51-28-14-5-15-29-51/h1,3-7,10-20,23-42,44H,2,8-9,21-22H2/i1D,3D,4D,5D,6D,7D,10D,11D,12D,13D,14D,15D,16D,17D,18D,19D,20D,23D,24D,25D,26D,27D,28D,29D,30D,31D,32D,33D,34D,35D,36D,37D,38D,39D,40D,41D,42D. The summed E-state index contributed by atoms with van der Waals surface area (Å²) in [5.41, 5.74) is -6.85. The van der Waals surface area contributed by atoms with Crippen molar-refractivity contribution in [1.29, 1.82) is 0 Å². The molecule has 0 radical (unpaired) electrons. The third-order valence-electron chi connectivity index (χ3n) is 11.3. The Morgan fingerprint density at radius 3 is 1.49 bits per heavy atom. The maximum Gasteiger partial charge on any atom is 0.179 e. The zero-order valence-electron chi connectivity index (χ0n) is 69.5. The molecule has 0 spiro atoms. The molecule has 0 unspecified atom stereocenters. The summed E-state index contributed by atoms with van der Waals surface area (Å²) in [5.74, 6) is -0.561. The zero-order valence-corrected chi connectivity index (χ0v) is 33.5. The SMILES string of the molecule is [2H]c1c([2H])c([2H])c(-c2c([2H])c([2H])c3c(c2[2H])c2c([2H])c(C4CCCCC4)c([2H])c([2H])c2n3-c2c([2H])c([2H])c3c(c2[2H])c2c([2H])c([2H])c([2H])c([2H])c2n3-c2c([2H])c([2H])c([2H])c([Si](c3c([2H])c([2H])c([2H])c([2H])c3[2H])(c3c([2H])c([2H])c([2H])c([2H])c3[2H])c3c([2H])c([2H])c([2H])c([2H])c3[2H])c2[2H])c([2H])c1[2H]. The average molecular weight is 862 g/mol. The number of benzene rings is 9. The Morgan fingerprint density at radius 2 is 0.841 bits per heavy atom. The van der Waals surface area contributed by atoms with Gasteiger partial charge in [-0.05, 0) is 117 Å². The summed E-state index contributed by atoms with van der Waals surface area (Å²) >= 11 is 0. The average Bonchev–Trinajstić information content (AvgIpc) is 1.07. The van der Waals surface area contributed by atoms with Gasteiger partial charge in [-0.25, -0.2) is 0 Å². The van der Waals surface area contributed by atoms with Crippen molar-refractivity contribution in [2.24, 2.45) is 0 Å². The van der Waals surface area contributed by atoms with Crippen molar-refractivity contribution >= 4 is 72.4 Å². The van der Waals surface area contributed by atoms with Crippen molar-refractivity contribution in [3.63, 3.8) is 0 Å². The molecule has 3 heteroatoms. The highest BCUT2D eigenvalue weighted by atomic mass is 28.3. The van der Waals surface area contributed by atoms with Crippen LogP contribution in [0.2, 0.25) is 0 Å². The molecule has 0 saturated heterocycles. The van der Waals surface area contributed by atoms with E-state index in [0.29, 0.717) is 30.3 Å². The first-order valence-electron chi connectivity index (χ1n) is 38.2. The molecule has 2 nitrogen and oxygen atoms in total. The number of fused-ring (bicyclic) bond motifs is 6. The van der Waals surface area contributed by atoms with Crippen molar-refractivity contribution in [1.82, 2.24) is 9.13 Å². The maximum absolute atomic E-state index is 10.6. The molecule has 0 N–H and O–H groups in total. The summed E-state index contributed by atoms with van der Waals surface area (Å²) in [4.78, 5) is 0. The smallest absolute Gasteiger partial charge is 0.179 e. The van der Waals surface area contributed by atoms with E-state index in [0.717, 1.165) is 11.0 Å². The lowest BCUT2D eigenvalue weighted by atomic mass is 9.83. The van der Waals surface area contributed by atoms with Crippen LogP contribution in [-0.4, -0.2) is 17.2 Å². The molecule has 2 heterocycles. The van der Waals surface area contributed by atoms with Crippen molar-refractivity contribution in [2.75, 3.05) is 0 Å². The predicted octanol–water partition coefficient (Wildman–Crippen LogP) is 13.0. The van der Waals surface area contributed by atoms with E-state index in [1.54, 1.807) is 0 Å². The summed E-state index contributed by atoms with van der Waals surface area (Å²) < 4.78 is 349. The van der Waals surface area contributed by atoms with E-state index in [1.807, 2.05) is 0 Å². The molecule has 1 aliphatic rings. The van der Waals surface area contributed by atoms with E-state index in [9.17, 15) is 28.8 Å². The first-order valence-corrected chi connectivity index (χ1v) is 21.7. The van der Waals surface area contributed by atoms with Crippen LogP contribution in [-0.2, 0) is 0 Å². The van der Waals surface area contributed by atoms with Crippen LogP contribution >= 0.6 is 0 Å². The maximum atomic E-state index is 10.6. The zero-order chi connectivity index (χ0) is 73.9. The van der Waals surface area contributed by atoms with Crippen LogP contribution in [0.4, 0.5) is 0 Å². The molecule has 0 amide bonds. The fraction of sp³-hybridized carbons (Fsp3) is 0.100. The minimum Gasteiger partial charge on any atom is -0.309 e. The Balaban J connectivity index is 1.35. The van der Waals surface area contributed by atoms with Gasteiger partial charge in [0.25, 0.3) is 0 Å². The van der Waals surface area contributed by atoms with E-state index >= 15 is 0 Å². The van der Waals surface area contributed by atoms with E-state index in [2.05, 4.69) is 0 Å². The molecule has 302 valence electrons. The number of hydrogen-bond acceptors (Lipinski definition) is 0. The molecule has 2 aromatic heterocycles. The minimum atomic E-state index is -6.62. The van der Waals surface area contributed by atoms with Gasteiger partial charge in [0.2, 0.25) is 0 Å². The van der Waals surface area contributed by atoms with Gasteiger partial charge in [-0.1, -0.05) is 182 Å². The Bertz CT molecular complexity index is 5350. The summed E-state index contributed by atoms with van der Waals surface area (Å²) in [6.07, 6.45) is 2.86. The van der Waals surface area contributed by atoms with Gasteiger partial charge in [0.15, 0.2) is 8.07 Å². The van der Waals surface area contributed by atoms with E-state index < -0.39 is 324 Å². The van der Waals surface area contributed by atoms with Gasteiger partial charge >= 0.3 is 0 Å². The molecule has 1 aliphatic carbocycles. The molecule has 1 fully saturated rings. The lowest BCUT2D eigenvalue weighted by Crippen LogP contribution is -2.74. The van der Waals surface area contributed by atoms with E-state index in [1.165, 1.54) is 0 Å². The lowest BCUT2D eigenvalue weighted by Gasteiger charge is -2.34. The second-order valence-electron chi connectivity index (χ2n) is 14.6. The molecule has 9 aromatic carbocycles. The fourth-order valence-corrected chi connectivity index (χ4v) is 12.0. The van der Waals surface area contributed by atoms with Crippen LogP contribution in [0.5, 0.6) is 0 Å². The van der Waals surface area contributed by atoms with Gasteiger partial charge in [0, 0.05) is 32.9 Å². The van der Waals surface area contributed by atoms with Gasteiger partial charge in [0.1, 0.15) is 0 Å². The summed E-state index contributed by atoms with van der Waals surface area (Å²) in [5, 5.41) is -7.69. The molecule has 11 aromatic rings. The topological polar surface area (TPSA) is 9.86 Å². The third kappa shape index (κ3) is 6.21. The number of rotatable bonds is 8. The summed E-state index contributed by atoms with van der Waals surface area (Å²) in [6.45, 7) is 0. The Hall–Kier alpha value is -7.20. The van der Waals surface area contributed by atoms with Crippen LogP contribution in [0.25, 0.3) is 66.1 Å². The van der Waals surface area contributed by atoms with Gasteiger partial charge in [-0.3, -0.25) is 0 Å². The van der Waals surface area contributed by atoms with Crippen LogP contribution in [0.3, 0.4) is 0 Å². The number of hydrogen-bond donors (Lipinski definition) is 0. The van der Waals surface area contributed by atoms with Gasteiger partial charge in [0.05, 0.1) is 72.8 Å². The molecule has 63 heavy (non-hydrogen) atoms. The van der Waals surface area contributed by atoms with Crippen molar-refractivity contribution in [2.45, 2.75) is 38.0 Å². The Labute approximate surface area is 422 Å². The van der Waals surface area contributed by atoms with Crippen molar-refractivity contribution in [3.8, 4) is 22.5 Å². The molecule has 12 rings (SSSR count). The van der Waals surface area contributed by atoms with Gasteiger partial charge in [-0.2, -0.15) is 0 Å². The van der Waals surface area contributed by atoms with Gasteiger partial charge in [-0.15, -0.1) is 0 Å². The van der Waals surface area contributed by atoms with E-state index in [-0.39, 0.29) is 5.56 Å². The highest BCUT2D eigenvalue weighted by Crippen LogP contribution is 2.41. The van der Waals surface area contributed by atoms with Crippen LogP contribution in [0, 0.1) is 0 Å². The Morgan fingerprint density at radius 1 is 0.349 bits per heavy atom. The number of aromatic nitrogens is 2. The minimum absolute atomic E-state index is 0.00426. The normalized spacial score (nSPS) is 21.9. The molecule has 0 atom stereocenters. The molecule has 1 saturated carbocycles. The van der Waals surface area contributed by atoms with Crippen molar-refractivity contribution in [3.05, 3.63) is 229 Å². The number of para-hydroxylation sites is 1. The predicted molar refractivity (Wildman–Crippen MR) is 270 cm³/mol. The van der Waals surface area contributed by atoms with Gasteiger partial charge < -0.3 is 9.13 Å². The fourth-order valence-electron chi connectivity index (χ4n) is 8.48. The third-order valence-corrected chi connectivity index (χ3v) is 15.3. The van der Waals surface area contributed by atoms with Crippen LogP contribution in [0.15, 0.2) is 224 Å². The second kappa shape index (κ2) is 15.6. The van der Waals surface area contributed by atoms with Crippen LogP contribution in [0.1, 0.15) is 94.3 Å².